The monoisotopic (exact) mass is 437 g/mol. The predicted octanol–water partition coefficient (Wildman–Crippen LogP) is 4.83. The fraction of sp³-hybridized carbons (Fsp3) is 0.118. The number of aromatic nitrogens is 5. The van der Waals surface area contributed by atoms with Crippen molar-refractivity contribution in [2.75, 3.05) is 0 Å². The first kappa shape index (κ1) is 17.1. The number of pyridine rings is 1. The Kier molecular flexibility index (Phi) is 4.46. The molecule has 1 aromatic carbocycles. The lowest BCUT2D eigenvalue weighted by atomic mass is 10.2. The van der Waals surface area contributed by atoms with Crippen LogP contribution in [-0.2, 0) is 13.3 Å². The van der Waals surface area contributed by atoms with Crippen molar-refractivity contribution in [2.45, 2.75) is 13.3 Å². The molecule has 0 amide bonds. The number of alkyl halides is 1. The Balaban J connectivity index is 1.80. The third-order valence-corrected chi connectivity index (χ3v) is 4.93. The number of hydrogen-bond donors (Lipinski definition) is 0. The van der Waals surface area contributed by atoms with Crippen LogP contribution < -0.4 is 0 Å². The maximum absolute atomic E-state index is 13.7. The van der Waals surface area contributed by atoms with E-state index in [-0.39, 0.29) is 5.02 Å². The molecule has 0 N–H and O–H groups in total. The zero-order valence-corrected chi connectivity index (χ0v) is 15.5. The number of imidazole rings is 2. The van der Waals surface area contributed by atoms with Crippen LogP contribution in [-0.4, -0.2) is 24.1 Å². The highest BCUT2D eigenvalue weighted by molar-refractivity contribution is 9.10. The van der Waals surface area contributed by atoms with Gasteiger partial charge >= 0.3 is 0 Å². The summed E-state index contributed by atoms with van der Waals surface area (Å²) >= 11 is 9.24. The molecule has 0 fully saturated rings. The Morgan fingerprint density at radius 3 is 2.69 bits per heavy atom. The number of halogens is 4. The molecule has 0 unspecified atom stereocenters. The molecule has 0 aliphatic heterocycles. The van der Waals surface area contributed by atoms with E-state index in [1.54, 1.807) is 24.9 Å². The average molecular weight is 439 g/mol. The SMILES string of the molecule is FCn1c(-c2cncc(Cn3cncc3Br)c2)nc2cc(F)c(Cl)cc21. The molecule has 0 aliphatic rings. The largest absolute Gasteiger partial charge is 0.321 e. The Labute approximate surface area is 160 Å². The first-order chi connectivity index (χ1) is 12.6. The number of fused-ring (bicyclic) bond motifs is 1. The van der Waals surface area contributed by atoms with E-state index in [4.69, 9.17) is 11.6 Å². The number of benzene rings is 1. The molecule has 0 radical (unpaired) electrons. The second-order valence-electron chi connectivity index (χ2n) is 5.66. The fourth-order valence-electron chi connectivity index (χ4n) is 2.78. The standard InChI is InChI=1S/C17H11BrClF2N5/c18-16-6-23-9-25(16)7-10-1-11(5-22-4-10)17-24-14-3-13(21)12(19)2-15(14)26(17)8-20/h1-6,9H,7-8H2. The lowest BCUT2D eigenvalue weighted by Gasteiger charge is -2.08. The highest BCUT2D eigenvalue weighted by atomic mass is 79.9. The molecule has 9 heteroatoms. The maximum atomic E-state index is 13.7. The second-order valence-corrected chi connectivity index (χ2v) is 6.88. The highest BCUT2D eigenvalue weighted by Crippen LogP contribution is 2.29. The smallest absolute Gasteiger partial charge is 0.167 e. The van der Waals surface area contributed by atoms with Gasteiger partial charge in [0.15, 0.2) is 6.80 Å². The van der Waals surface area contributed by atoms with E-state index >= 15 is 0 Å². The van der Waals surface area contributed by atoms with E-state index in [1.165, 1.54) is 16.7 Å². The second kappa shape index (κ2) is 6.77. The first-order valence-corrected chi connectivity index (χ1v) is 8.75. The molecule has 0 saturated carbocycles. The van der Waals surface area contributed by atoms with Gasteiger partial charge in [0.1, 0.15) is 16.2 Å². The van der Waals surface area contributed by atoms with Crippen LogP contribution in [0.4, 0.5) is 8.78 Å². The molecule has 0 aliphatic carbocycles. The van der Waals surface area contributed by atoms with E-state index in [1.807, 2.05) is 10.6 Å². The lowest BCUT2D eigenvalue weighted by Crippen LogP contribution is -2.01. The van der Waals surface area contributed by atoms with Crippen LogP contribution in [0.3, 0.4) is 0 Å². The van der Waals surface area contributed by atoms with Gasteiger partial charge in [-0.3, -0.25) is 9.55 Å². The molecular weight excluding hydrogens is 428 g/mol. The minimum atomic E-state index is -0.814. The van der Waals surface area contributed by atoms with E-state index in [0.29, 0.717) is 29.0 Å². The molecule has 5 nitrogen and oxygen atoms in total. The van der Waals surface area contributed by atoms with Gasteiger partial charge in [0.05, 0.1) is 35.1 Å². The van der Waals surface area contributed by atoms with Gasteiger partial charge in [0, 0.05) is 24.0 Å². The number of hydrogen-bond acceptors (Lipinski definition) is 3. The van der Waals surface area contributed by atoms with Crippen molar-refractivity contribution in [1.29, 1.82) is 0 Å². The molecule has 3 heterocycles. The van der Waals surface area contributed by atoms with Crippen molar-refractivity contribution in [3.63, 3.8) is 0 Å². The summed E-state index contributed by atoms with van der Waals surface area (Å²) in [5.74, 6) is -0.228. The van der Waals surface area contributed by atoms with Crippen LogP contribution in [0.2, 0.25) is 5.02 Å². The molecular formula is C17H11BrClF2N5. The first-order valence-electron chi connectivity index (χ1n) is 7.58. The molecule has 0 atom stereocenters. The molecule has 0 saturated heterocycles. The molecule has 4 aromatic rings. The fourth-order valence-corrected chi connectivity index (χ4v) is 3.27. The van der Waals surface area contributed by atoms with Gasteiger partial charge in [0.25, 0.3) is 0 Å². The Morgan fingerprint density at radius 2 is 1.96 bits per heavy atom. The van der Waals surface area contributed by atoms with Gasteiger partial charge in [-0.05, 0) is 33.6 Å². The molecule has 4 rings (SSSR count). The molecule has 132 valence electrons. The third-order valence-electron chi connectivity index (χ3n) is 3.98. The van der Waals surface area contributed by atoms with Gasteiger partial charge in [-0.25, -0.2) is 18.7 Å². The zero-order chi connectivity index (χ0) is 18.3. The van der Waals surface area contributed by atoms with Crippen LogP contribution >= 0.6 is 27.5 Å². The summed E-state index contributed by atoms with van der Waals surface area (Å²) in [6, 6.07) is 4.44. The van der Waals surface area contributed by atoms with Crippen LogP contribution in [0.1, 0.15) is 5.56 Å². The van der Waals surface area contributed by atoms with Crippen LogP contribution in [0, 0.1) is 5.82 Å². The average Bonchev–Trinajstić information content (AvgIpc) is 3.19. The van der Waals surface area contributed by atoms with Gasteiger partial charge in [0.2, 0.25) is 0 Å². The maximum Gasteiger partial charge on any atom is 0.167 e. The van der Waals surface area contributed by atoms with Crippen molar-refractivity contribution >= 4 is 38.6 Å². The third kappa shape index (κ3) is 2.99. The lowest BCUT2D eigenvalue weighted by molar-refractivity contribution is 0.387. The van der Waals surface area contributed by atoms with Crippen LogP contribution in [0.5, 0.6) is 0 Å². The summed E-state index contributed by atoms with van der Waals surface area (Å²) in [6.07, 6.45) is 6.70. The zero-order valence-electron chi connectivity index (χ0n) is 13.2. The predicted molar refractivity (Wildman–Crippen MR) is 98.1 cm³/mol. The molecule has 0 spiro atoms. The summed E-state index contributed by atoms with van der Waals surface area (Å²) in [6.45, 7) is -0.275. The minimum Gasteiger partial charge on any atom is -0.321 e. The number of rotatable bonds is 4. The van der Waals surface area contributed by atoms with E-state index in [2.05, 4.69) is 30.9 Å². The van der Waals surface area contributed by atoms with Crippen LogP contribution in [0.25, 0.3) is 22.4 Å². The van der Waals surface area contributed by atoms with Crippen molar-refractivity contribution < 1.29 is 8.78 Å². The van der Waals surface area contributed by atoms with Crippen molar-refractivity contribution in [1.82, 2.24) is 24.1 Å². The Bertz CT molecular complexity index is 1110. The normalized spacial score (nSPS) is 11.4. The number of nitrogens with zero attached hydrogens (tertiary/aromatic N) is 5. The van der Waals surface area contributed by atoms with E-state index in [0.717, 1.165) is 10.2 Å². The quantitative estimate of drug-likeness (QED) is 0.459. The van der Waals surface area contributed by atoms with E-state index in [9.17, 15) is 8.78 Å². The Morgan fingerprint density at radius 1 is 1.12 bits per heavy atom. The molecule has 26 heavy (non-hydrogen) atoms. The molecule has 3 aromatic heterocycles. The topological polar surface area (TPSA) is 48.5 Å². The van der Waals surface area contributed by atoms with Crippen molar-refractivity contribution in [3.8, 4) is 11.4 Å². The van der Waals surface area contributed by atoms with E-state index < -0.39 is 12.6 Å². The van der Waals surface area contributed by atoms with Crippen molar-refractivity contribution in [2.24, 2.45) is 0 Å². The van der Waals surface area contributed by atoms with Crippen molar-refractivity contribution in [3.05, 3.63) is 64.1 Å². The summed E-state index contributed by atoms with van der Waals surface area (Å²) in [7, 11) is 0. The van der Waals surface area contributed by atoms with Gasteiger partial charge in [-0.2, -0.15) is 0 Å². The van der Waals surface area contributed by atoms with Crippen LogP contribution in [0.15, 0.2) is 47.7 Å². The Hall–Kier alpha value is -2.32. The summed E-state index contributed by atoms with van der Waals surface area (Å²) in [4.78, 5) is 12.6. The van der Waals surface area contributed by atoms with Gasteiger partial charge in [-0.15, -0.1) is 0 Å². The highest BCUT2D eigenvalue weighted by Gasteiger charge is 2.16. The summed E-state index contributed by atoms with van der Waals surface area (Å²) in [5, 5.41) is -0.0736. The van der Waals surface area contributed by atoms with Gasteiger partial charge < -0.3 is 4.57 Å². The van der Waals surface area contributed by atoms with Gasteiger partial charge in [-0.1, -0.05) is 11.6 Å². The summed E-state index contributed by atoms with van der Waals surface area (Å²) in [5.41, 5.74) is 2.28. The minimum absolute atomic E-state index is 0.0736. The summed E-state index contributed by atoms with van der Waals surface area (Å²) < 4.78 is 31.5. The molecule has 0 bridgehead atoms.